The number of ketones is 1. The summed E-state index contributed by atoms with van der Waals surface area (Å²) in [6.45, 7) is 0. The van der Waals surface area contributed by atoms with Crippen LogP contribution in [0.25, 0.3) is 0 Å². The van der Waals surface area contributed by atoms with E-state index < -0.39 is 11.7 Å². The summed E-state index contributed by atoms with van der Waals surface area (Å²) in [4.78, 5) is 22.1. The van der Waals surface area contributed by atoms with Gasteiger partial charge in [0.15, 0.2) is 5.78 Å². The summed E-state index contributed by atoms with van der Waals surface area (Å²) >= 11 is 0. The molecule has 0 bridgehead atoms. The zero-order valence-electron chi connectivity index (χ0n) is 9.51. The highest BCUT2D eigenvalue weighted by molar-refractivity contribution is 5.97. The largest absolute Gasteiger partial charge is 0.868 e. The molecule has 0 amide bonds. The monoisotopic (exact) mass is 233 g/mol. The topological polar surface area (TPSA) is 66.4 Å². The third-order valence-electron chi connectivity index (χ3n) is 2.18. The van der Waals surface area contributed by atoms with Crippen molar-refractivity contribution in [1.29, 1.82) is 0 Å². The summed E-state index contributed by atoms with van der Waals surface area (Å²) in [6.07, 6.45) is 1.53. The third kappa shape index (κ3) is 4.51. The highest BCUT2D eigenvalue weighted by atomic mass is 16.5. The molecule has 0 spiro atoms. The van der Waals surface area contributed by atoms with Crippen LogP contribution < -0.4 is 5.11 Å². The van der Waals surface area contributed by atoms with E-state index in [9.17, 15) is 14.7 Å². The molecule has 0 aliphatic heterocycles. The lowest BCUT2D eigenvalue weighted by molar-refractivity contribution is -0.303. The van der Waals surface area contributed by atoms with E-state index in [1.807, 2.05) is 30.3 Å². The summed E-state index contributed by atoms with van der Waals surface area (Å²) in [5.41, 5.74) is 1.01. The van der Waals surface area contributed by atoms with E-state index in [2.05, 4.69) is 4.74 Å². The van der Waals surface area contributed by atoms with Gasteiger partial charge < -0.3 is 9.84 Å². The van der Waals surface area contributed by atoms with Gasteiger partial charge in [0.2, 0.25) is 0 Å². The number of carbonyl (C=O) groups excluding carboxylic acids is 2. The standard InChI is InChI=1S/C13H14O4/c1-17-13(16)12(15)9-11(14)8-7-10-5-3-2-4-6-10/h2-6,9,15H,7-8H2,1H3/p-1/b12-9-. The zero-order chi connectivity index (χ0) is 12.7. The van der Waals surface area contributed by atoms with Gasteiger partial charge in [0, 0.05) is 6.42 Å². The first-order chi connectivity index (χ1) is 8.13. The van der Waals surface area contributed by atoms with Crippen LogP contribution in [0.2, 0.25) is 0 Å². The summed E-state index contributed by atoms with van der Waals surface area (Å²) in [6, 6.07) is 9.44. The summed E-state index contributed by atoms with van der Waals surface area (Å²) < 4.78 is 4.20. The van der Waals surface area contributed by atoms with Crippen molar-refractivity contribution >= 4 is 11.8 Å². The molecule has 17 heavy (non-hydrogen) atoms. The van der Waals surface area contributed by atoms with Crippen LogP contribution in [0, 0.1) is 0 Å². The number of hydrogen-bond donors (Lipinski definition) is 0. The summed E-state index contributed by atoms with van der Waals surface area (Å²) in [7, 11) is 1.10. The number of methoxy groups -OCH3 is 1. The van der Waals surface area contributed by atoms with Gasteiger partial charge >= 0.3 is 5.97 Å². The lowest BCUT2D eigenvalue weighted by Crippen LogP contribution is -2.18. The second-order valence-electron chi connectivity index (χ2n) is 3.45. The van der Waals surface area contributed by atoms with Crippen LogP contribution in [0.5, 0.6) is 0 Å². The molecule has 4 nitrogen and oxygen atoms in total. The molecule has 4 heteroatoms. The van der Waals surface area contributed by atoms with Gasteiger partial charge in [-0.2, -0.15) is 0 Å². The smallest absolute Gasteiger partial charge is 0.322 e. The minimum absolute atomic E-state index is 0.201. The molecule has 1 aromatic rings. The van der Waals surface area contributed by atoms with Gasteiger partial charge in [-0.25, -0.2) is 4.79 Å². The second kappa shape index (κ2) is 6.48. The highest BCUT2D eigenvalue weighted by Crippen LogP contribution is 2.03. The van der Waals surface area contributed by atoms with Crippen molar-refractivity contribution < 1.29 is 19.4 Å². The number of benzene rings is 1. The Morgan fingerprint density at radius 1 is 1.29 bits per heavy atom. The minimum atomic E-state index is -1.02. The predicted octanol–water partition coefficient (Wildman–Crippen LogP) is 0.605. The predicted molar refractivity (Wildman–Crippen MR) is 59.9 cm³/mol. The van der Waals surface area contributed by atoms with Crippen molar-refractivity contribution in [1.82, 2.24) is 0 Å². The number of ether oxygens (including phenoxy) is 1. The normalized spacial score (nSPS) is 11.0. The van der Waals surface area contributed by atoms with E-state index >= 15 is 0 Å². The molecule has 0 saturated carbocycles. The van der Waals surface area contributed by atoms with Gasteiger partial charge in [-0.15, -0.1) is 0 Å². The SMILES string of the molecule is COC(=O)/C([O-])=C/C(=O)CCc1ccccc1. The average molecular weight is 233 g/mol. The van der Waals surface area contributed by atoms with Crippen LogP contribution in [0.15, 0.2) is 42.2 Å². The molecule has 90 valence electrons. The first-order valence-corrected chi connectivity index (χ1v) is 5.17. The quantitative estimate of drug-likeness (QED) is 0.424. The molecule has 0 fully saturated rings. The molecule has 0 aliphatic carbocycles. The molecule has 0 unspecified atom stereocenters. The Labute approximate surface area is 99.5 Å². The molecule has 0 radical (unpaired) electrons. The van der Waals surface area contributed by atoms with Crippen LogP contribution in [-0.2, 0) is 20.7 Å². The first kappa shape index (κ1) is 13.0. The minimum Gasteiger partial charge on any atom is -0.868 e. The Hall–Kier alpha value is -2.10. The molecule has 1 aromatic carbocycles. The fourth-order valence-electron chi connectivity index (χ4n) is 1.29. The van der Waals surface area contributed by atoms with Gasteiger partial charge in [-0.3, -0.25) is 4.79 Å². The van der Waals surface area contributed by atoms with Crippen molar-refractivity contribution in [3.63, 3.8) is 0 Å². The fraction of sp³-hybridized carbons (Fsp3) is 0.231. The van der Waals surface area contributed by atoms with Crippen molar-refractivity contribution in [3.8, 4) is 0 Å². The molecule has 0 saturated heterocycles. The molecule has 0 aromatic heterocycles. The van der Waals surface area contributed by atoms with Crippen LogP contribution in [0.4, 0.5) is 0 Å². The first-order valence-electron chi connectivity index (χ1n) is 5.17. The average Bonchev–Trinajstić information content (AvgIpc) is 2.36. The fourth-order valence-corrected chi connectivity index (χ4v) is 1.29. The molecule has 0 N–H and O–H groups in total. The maximum Gasteiger partial charge on any atom is 0.322 e. The lowest BCUT2D eigenvalue weighted by Gasteiger charge is -2.07. The van der Waals surface area contributed by atoms with E-state index in [0.29, 0.717) is 6.42 Å². The molecule has 0 aliphatic rings. The van der Waals surface area contributed by atoms with Gasteiger partial charge in [0.25, 0.3) is 0 Å². The number of allylic oxidation sites excluding steroid dienone is 1. The van der Waals surface area contributed by atoms with E-state index in [0.717, 1.165) is 18.7 Å². The molecule has 0 heterocycles. The Balaban J connectivity index is 2.48. The molecular formula is C13H13O4-. The van der Waals surface area contributed by atoms with Gasteiger partial charge in [0.05, 0.1) is 7.11 Å². The maximum atomic E-state index is 11.4. The van der Waals surface area contributed by atoms with E-state index in [-0.39, 0.29) is 12.2 Å². The molecule has 1 rings (SSSR count). The van der Waals surface area contributed by atoms with Crippen molar-refractivity contribution in [2.75, 3.05) is 7.11 Å². The summed E-state index contributed by atoms with van der Waals surface area (Å²) in [5.74, 6) is -2.30. The summed E-state index contributed by atoms with van der Waals surface area (Å²) in [5, 5.41) is 11.0. The van der Waals surface area contributed by atoms with Crippen LogP contribution >= 0.6 is 0 Å². The number of carbonyl (C=O) groups is 2. The van der Waals surface area contributed by atoms with Crippen molar-refractivity contribution in [2.24, 2.45) is 0 Å². The zero-order valence-corrected chi connectivity index (χ0v) is 9.51. The number of hydrogen-bond acceptors (Lipinski definition) is 4. The second-order valence-corrected chi connectivity index (χ2v) is 3.45. The maximum absolute atomic E-state index is 11.4. The van der Waals surface area contributed by atoms with Gasteiger partial charge in [-0.05, 0) is 23.8 Å². The van der Waals surface area contributed by atoms with Gasteiger partial charge in [0.1, 0.15) is 0 Å². The third-order valence-corrected chi connectivity index (χ3v) is 2.18. The van der Waals surface area contributed by atoms with Gasteiger partial charge in [-0.1, -0.05) is 30.3 Å². The Morgan fingerprint density at radius 3 is 2.53 bits per heavy atom. The van der Waals surface area contributed by atoms with Crippen molar-refractivity contribution in [2.45, 2.75) is 12.8 Å². The van der Waals surface area contributed by atoms with Crippen LogP contribution in [0.3, 0.4) is 0 Å². The van der Waals surface area contributed by atoms with Crippen LogP contribution in [-0.4, -0.2) is 18.9 Å². The Kier molecular flexibility index (Phi) is 4.94. The molecule has 0 atom stereocenters. The Bertz CT molecular complexity index is 420. The van der Waals surface area contributed by atoms with E-state index in [1.54, 1.807) is 0 Å². The lowest BCUT2D eigenvalue weighted by atomic mass is 10.1. The van der Waals surface area contributed by atoms with E-state index in [1.165, 1.54) is 0 Å². The van der Waals surface area contributed by atoms with Crippen LogP contribution in [0.1, 0.15) is 12.0 Å². The number of rotatable bonds is 5. The Morgan fingerprint density at radius 2 is 1.94 bits per heavy atom. The molecular weight excluding hydrogens is 220 g/mol. The number of aryl methyl sites for hydroxylation is 1. The van der Waals surface area contributed by atoms with E-state index in [4.69, 9.17) is 0 Å². The van der Waals surface area contributed by atoms with Crippen molar-refractivity contribution in [3.05, 3.63) is 47.7 Å². The number of esters is 1. The highest BCUT2D eigenvalue weighted by Gasteiger charge is 2.02.